The molecule has 0 aliphatic heterocycles. The van der Waals surface area contributed by atoms with E-state index in [4.69, 9.17) is 4.74 Å². The highest BCUT2D eigenvalue weighted by molar-refractivity contribution is 5.56. The van der Waals surface area contributed by atoms with Crippen LogP contribution in [-0.2, 0) is 27.8 Å². The number of hydrogen-bond acceptors (Lipinski definition) is 3. The molecule has 2 N–H and O–H groups in total. The van der Waals surface area contributed by atoms with Crippen molar-refractivity contribution in [1.82, 2.24) is 0 Å². The summed E-state index contributed by atoms with van der Waals surface area (Å²) in [6.45, 7) is 2.18. The second-order valence-electron chi connectivity index (χ2n) is 10.1. The molecule has 2 aliphatic carbocycles. The lowest BCUT2D eigenvalue weighted by atomic mass is 9.65. The van der Waals surface area contributed by atoms with Gasteiger partial charge in [0.05, 0.1) is 12.5 Å². The maximum Gasteiger partial charge on any atom is 0.126 e. The molecule has 3 nitrogen and oxygen atoms in total. The number of ether oxygens (including phenoxy) is 1. The molecule has 1 unspecified atom stereocenters. The number of hydrogen-bond donors (Lipinski definition) is 2. The van der Waals surface area contributed by atoms with Crippen LogP contribution in [0.15, 0.2) is 133 Å². The normalized spacial score (nSPS) is 26.9. The van der Waals surface area contributed by atoms with Crippen molar-refractivity contribution in [2.24, 2.45) is 0 Å². The Hall–Kier alpha value is -3.66. The molecule has 3 aromatic carbocycles. The quantitative estimate of drug-likeness (QED) is 0.365. The van der Waals surface area contributed by atoms with Crippen LogP contribution in [0.3, 0.4) is 0 Å². The molecule has 0 bridgehead atoms. The third-order valence-electron chi connectivity index (χ3n) is 7.61. The highest BCUT2D eigenvalue weighted by Crippen LogP contribution is 2.48. The van der Waals surface area contributed by atoms with Gasteiger partial charge in [0.2, 0.25) is 0 Å². The van der Waals surface area contributed by atoms with Gasteiger partial charge in [-0.1, -0.05) is 110 Å². The first-order chi connectivity index (χ1) is 17.9. The van der Waals surface area contributed by atoms with E-state index in [2.05, 4.69) is 43.3 Å². The fraction of sp³-hybridized carbons (Fsp3) is 0.235. The van der Waals surface area contributed by atoms with Crippen molar-refractivity contribution in [3.63, 3.8) is 0 Å². The predicted octanol–water partition coefficient (Wildman–Crippen LogP) is 6.64. The monoisotopic (exact) mass is 490 g/mol. The Morgan fingerprint density at radius 1 is 0.730 bits per heavy atom. The Morgan fingerprint density at radius 2 is 1.32 bits per heavy atom. The summed E-state index contributed by atoms with van der Waals surface area (Å²) in [7, 11) is 1.63. The van der Waals surface area contributed by atoms with Gasteiger partial charge < -0.3 is 14.9 Å². The number of benzene rings is 3. The Kier molecular flexibility index (Phi) is 6.76. The molecule has 1 atom stereocenters. The van der Waals surface area contributed by atoms with Crippen molar-refractivity contribution in [3.05, 3.63) is 155 Å². The van der Waals surface area contributed by atoms with Crippen LogP contribution in [0.1, 0.15) is 42.0 Å². The zero-order valence-corrected chi connectivity index (χ0v) is 21.5. The standard InChI is InChI=1S/C34H34O3/c1-3-10-26-15-17-27(18-16-26)32(19-21-33(35,22-20-32)28-11-6-4-7-12-28)30-23-31(37-2)25-34(36,24-30)29-13-8-5-9-14-29/h4-9,11-23,25,35-36H,3,10,24H2,1-2H3. The maximum absolute atomic E-state index is 11.9. The molecule has 0 spiro atoms. The van der Waals surface area contributed by atoms with Crippen LogP contribution in [-0.4, -0.2) is 17.3 Å². The molecule has 5 rings (SSSR count). The largest absolute Gasteiger partial charge is 0.497 e. The van der Waals surface area contributed by atoms with Gasteiger partial charge in [0, 0.05) is 6.42 Å². The first kappa shape index (κ1) is 25.0. The molecule has 37 heavy (non-hydrogen) atoms. The minimum Gasteiger partial charge on any atom is -0.497 e. The molecule has 0 saturated heterocycles. The Bertz CT molecular complexity index is 1330. The van der Waals surface area contributed by atoms with E-state index < -0.39 is 16.6 Å². The summed E-state index contributed by atoms with van der Waals surface area (Å²) >= 11 is 0. The molecular weight excluding hydrogens is 456 g/mol. The van der Waals surface area contributed by atoms with Crippen molar-refractivity contribution in [1.29, 1.82) is 0 Å². The Labute approximate surface area is 219 Å². The SMILES string of the molecule is CCCc1ccc(C2(C3=CC(OC)=CC(O)(c4ccccc4)C3)C=CC(O)(c3ccccc3)C=C2)cc1. The van der Waals surface area contributed by atoms with E-state index in [9.17, 15) is 10.2 Å². The molecule has 3 aromatic rings. The van der Waals surface area contributed by atoms with Gasteiger partial charge >= 0.3 is 0 Å². The van der Waals surface area contributed by atoms with E-state index in [0.717, 1.165) is 35.1 Å². The highest BCUT2D eigenvalue weighted by Gasteiger charge is 2.43. The lowest BCUT2D eigenvalue weighted by Gasteiger charge is -2.41. The molecule has 0 amide bonds. The summed E-state index contributed by atoms with van der Waals surface area (Å²) in [4.78, 5) is 0. The van der Waals surface area contributed by atoms with E-state index >= 15 is 0 Å². The molecule has 2 aliphatic rings. The van der Waals surface area contributed by atoms with Crippen LogP contribution in [0.2, 0.25) is 0 Å². The lowest BCUT2D eigenvalue weighted by molar-refractivity contribution is 0.0791. The van der Waals surface area contributed by atoms with E-state index in [0.29, 0.717) is 12.2 Å². The summed E-state index contributed by atoms with van der Waals surface area (Å²) < 4.78 is 5.70. The van der Waals surface area contributed by atoms with Crippen LogP contribution in [0, 0.1) is 0 Å². The third-order valence-corrected chi connectivity index (χ3v) is 7.61. The van der Waals surface area contributed by atoms with E-state index in [1.54, 1.807) is 13.2 Å². The summed E-state index contributed by atoms with van der Waals surface area (Å²) in [6, 6.07) is 28.1. The van der Waals surface area contributed by atoms with E-state index in [-0.39, 0.29) is 0 Å². The van der Waals surface area contributed by atoms with Gasteiger partial charge in [0.1, 0.15) is 17.0 Å². The topological polar surface area (TPSA) is 49.7 Å². The third kappa shape index (κ3) is 4.73. The van der Waals surface area contributed by atoms with Crippen molar-refractivity contribution >= 4 is 0 Å². The van der Waals surface area contributed by atoms with Crippen molar-refractivity contribution in [2.75, 3.05) is 7.11 Å². The van der Waals surface area contributed by atoms with E-state index in [1.165, 1.54) is 5.56 Å². The Morgan fingerprint density at radius 3 is 1.89 bits per heavy atom. The fourth-order valence-electron chi connectivity index (χ4n) is 5.49. The molecule has 0 aromatic heterocycles. The molecule has 188 valence electrons. The zero-order chi connectivity index (χ0) is 25.9. The van der Waals surface area contributed by atoms with Crippen molar-refractivity contribution in [3.8, 4) is 0 Å². The first-order valence-corrected chi connectivity index (χ1v) is 12.9. The molecular formula is C34H34O3. The van der Waals surface area contributed by atoms with Crippen LogP contribution in [0.5, 0.6) is 0 Å². The number of methoxy groups -OCH3 is 1. The second kappa shape index (κ2) is 10.0. The van der Waals surface area contributed by atoms with Gasteiger partial charge in [-0.15, -0.1) is 0 Å². The zero-order valence-electron chi connectivity index (χ0n) is 21.5. The fourth-order valence-corrected chi connectivity index (χ4v) is 5.49. The Balaban J connectivity index is 1.63. The van der Waals surface area contributed by atoms with E-state index in [1.807, 2.05) is 78.9 Å². The van der Waals surface area contributed by atoms with Gasteiger partial charge in [0.15, 0.2) is 0 Å². The molecule has 0 radical (unpaired) electrons. The molecule has 3 heteroatoms. The summed E-state index contributed by atoms with van der Waals surface area (Å²) in [5.41, 5.74) is 1.89. The van der Waals surface area contributed by atoms with Crippen LogP contribution in [0.25, 0.3) is 0 Å². The van der Waals surface area contributed by atoms with Crippen molar-refractivity contribution < 1.29 is 14.9 Å². The number of allylic oxidation sites excluding steroid dienone is 3. The maximum atomic E-state index is 11.9. The molecule has 0 heterocycles. The number of rotatable bonds is 7. The second-order valence-corrected chi connectivity index (χ2v) is 10.1. The van der Waals surface area contributed by atoms with Gasteiger partial charge in [-0.25, -0.2) is 0 Å². The van der Waals surface area contributed by atoms with Crippen LogP contribution in [0.4, 0.5) is 0 Å². The number of aliphatic hydroxyl groups is 2. The summed E-state index contributed by atoms with van der Waals surface area (Å²) in [6.07, 6.45) is 14.2. The summed E-state index contributed by atoms with van der Waals surface area (Å²) in [5, 5.41) is 23.4. The van der Waals surface area contributed by atoms with Gasteiger partial charge in [-0.3, -0.25) is 0 Å². The van der Waals surface area contributed by atoms with Crippen LogP contribution >= 0.6 is 0 Å². The van der Waals surface area contributed by atoms with Gasteiger partial charge in [-0.05, 0) is 58.6 Å². The highest BCUT2D eigenvalue weighted by atomic mass is 16.5. The van der Waals surface area contributed by atoms with Gasteiger partial charge in [-0.2, -0.15) is 0 Å². The minimum atomic E-state index is -1.22. The molecule has 0 saturated carbocycles. The average molecular weight is 491 g/mol. The minimum absolute atomic E-state index is 0.388. The lowest BCUT2D eigenvalue weighted by Crippen LogP contribution is -2.37. The first-order valence-electron chi connectivity index (χ1n) is 12.9. The van der Waals surface area contributed by atoms with Crippen molar-refractivity contribution in [2.45, 2.75) is 42.8 Å². The average Bonchev–Trinajstić information content (AvgIpc) is 2.95. The van der Waals surface area contributed by atoms with Crippen LogP contribution < -0.4 is 0 Å². The smallest absolute Gasteiger partial charge is 0.126 e. The van der Waals surface area contributed by atoms with Gasteiger partial charge in [0.25, 0.3) is 0 Å². The summed E-state index contributed by atoms with van der Waals surface area (Å²) in [5.74, 6) is 0.611. The molecule has 0 fully saturated rings. The number of aryl methyl sites for hydroxylation is 1. The predicted molar refractivity (Wildman–Crippen MR) is 149 cm³/mol.